The Morgan fingerprint density at radius 2 is 2.23 bits per heavy atom. The second-order valence-electron chi connectivity index (χ2n) is 3.19. The van der Waals surface area contributed by atoms with Crippen LogP contribution < -0.4 is 5.32 Å². The molecule has 1 rings (SSSR count). The van der Waals surface area contributed by atoms with Crippen molar-refractivity contribution in [2.45, 2.75) is 39.5 Å². The van der Waals surface area contributed by atoms with Gasteiger partial charge < -0.3 is 5.32 Å². The summed E-state index contributed by atoms with van der Waals surface area (Å²) >= 11 is 1.46. The van der Waals surface area contributed by atoms with E-state index in [4.69, 9.17) is 0 Å². The third-order valence-corrected chi connectivity index (χ3v) is 2.71. The molecule has 1 atom stereocenters. The molecule has 1 aromatic rings. The average molecular weight is 199 g/mol. The summed E-state index contributed by atoms with van der Waals surface area (Å²) in [4.78, 5) is 4.41. The van der Waals surface area contributed by atoms with Crippen molar-refractivity contribution in [3.63, 3.8) is 0 Å². The summed E-state index contributed by atoms with van der Waals surface area (Å²) in [6.45, 7) is 7.44. The summed E-state index contributed by atoms with van der Waals surface area (Å²) in [5.41, 5.74) is 0. The van der Waals surface area contributed by atoms with Gasteiger partial charge in [0.05, 0.1) is 0 Å². The first-order valence-electron chi connectivity index (χ1n) is 4.85. The minimum Gasteiger partial charge on any atom is -0.360 e. The van der Waals surface area contributed by atoms with E-state index in [0.29, 0.717) is 5.92 Å². The van der Waals surface area contributed by atoms with Crippen molar-refractivity contribution in [3.8, 4) is 0 Å². The van der Waals surface area contributed by atoms with Gasteiger partial charge in [-0.3, -0.25) is 0 Å². The lowest BCUT2D eigenvalue weighted by molar-refractivity contribution is 0.692. The molecular weight excluding hydrogens is 182 g/mol. The number of hydrogen-bond acceptors (Lipinski definition) is 4. The van der Waals surface area contributed by atoms with E-state index in [-0.39, 0.29) is 0 Å². The number of aromatic nitrogens is 2. The molecule has 74 valence electrons. The summed E-state index contributed by atoms with van der Waals surface area (Å²) in [6.07, 6.45) is 2.22. The quantitative estimate of drug-likeness (QED) is 0.792. The highest BCUT2D eigenvalue weighted by Gasteiger charge is 2.09. The van der Waals surface area contributed by atoms with Gasteiger partial charge in [0.2, 0.25) is 5.13 Å². The number of rotatable bonds is 5. The lowest BCUT2D eigenvalue weighted by Crippen LogP contribution is -2.00. The van der Waals surface area contributed by atoms with E-state index in [9.17, 15) is 0 Å². The zero-order valence-corrected chi connectivity index (χ0v) is 9.32. The smallest absolute Gasteiger partial charge is 0.202 e. The van der Waals surface area contributed by atoms with Crippen LogP contribution in [0.5, 0.6) is 0 Å². The van der Waals surface area contributed by atoms with E-state index < -0.39 is 0 Å². The van der Waals surface area contributed by atoms with Crippen LogP contribution in [-0.4, -0.2) is 15.9 Å². The molecule has 0 radical (unpaired) electrons. The van der Waals surface area contributed by atoms with Crippen LogP contribution in [0.2, 0.25) is 0 Å². The van der Waals surface area contributed by atoms with E-state index in [0.717, 1.165) is 30.3 Å². The predicted molar refractivity (Wildman–Crippen MR) is 57.4 cm³/mol. The van der Waals surface area contributed by atoms with Crippen molar-refractivity contribution in [1.82, 2.24) is 9.36 Å². The number of nitrogens with zero attached hydrogens (tertiary/aromatic N) is 2. The highest BCUT2D eigenvalue weighted by molar-refractivity contribution is 7.09. The van der Waals surface area contributed by atoms with E-state index >= 15 is 0 Å². The molecule has 0 saturated heterocycles. The molecule has 0 aromatic carbocycles. The van der Waals surface area contributed by atoms with Crippen LogP contribution in [0.4, 0.5) is 5.13 Å². The molecule has 0 saturated carbocycles. The normalized spacial score (nSPS) is 12.8. The van der Waals surface area contributed by atoms with Gasteiger partial charge in [-0.15, -0.1) is 0 Å². The molecule has 0 aliphatic carbocycles. The van der Waals surface area contributed by atoms with Gasteiger partial charge >= 0.3 is 0 Å². The van der Waals surface area contributed by atoms with Gasteiger partial charge in [0.1, 0.15) is 5.82 Å². The number of hydrogen-bond donors (Lipinski definition) is 1. The maximum Gasteiger partial charge on any atom is 0.202 e. The first-order chi connectivity index (χ1) is 6.27. The SMILES string of the molecule is CCCNc1nc(C(C)CC)ns1. The maximum absolute atomic E-state index is 4.41. The zero-order valence-electron chi connectivity index (χ0n) is 8.50. The van der Waals surface area contributed by atoms with Crippen LogP contribution in [0.15, 0.2) is 0 Å². The third-order valence-electron chi connectivity index (χ3n) is 2.02. The molecule has 4 heteroatoms. The van der Waals surface area contributed by atoms with Gasteiger partial charge in [-0.25, -0.2) is 4.98 Å². The molecule has 1 aromatic heterocycles. The monoisotopic (exact) mass is 199 g/mol. The molecule has 0 aliphatic heterocycles. The Morgan fingerprint density at radius 1 is 1.46 bits per heavy atom. The summed E-state index contributed by atoms with van der Waals surface area (Å²) in [5, 5.41) is 4.19. The second-order valence-corrected chi connectivity index (χ2v) is 3.95. The molecule has 0 spiro atoms. The average Bonchev–Trinajstić information content (AvgIpc) is 2.62. The van der Waals surface area contributed by atoms with E-state index in [1.165, 1.54) is 11.5 Å². The van der Waals surface area contributed by atoms with Gasteiger partial charge in [0, 0.05) is 24.0 Å². The lowest BCUT2D eigenvalue weighted by Gasteiger charge is -2.00. The highest BCUT2D eigenvalue weighted by Crippen LogP contribution is 2.19. The lowest BCUT2D eigenvalue weighted by atomic mass is 10.1. The highest BCUT2D eigenvalue weighted by atomic mass is 32.1. The standard InChI is InChI=1S/C9H17N3S/c1-4-6-10-9-11-8(12-13-9)7(3)5-2/h7H,4-6H2,1-3H3,(H,10,11,12). The van der Waals surface area contributed by atoms with Crippen molar-refractivity contribution in [2.24, 2.45) is 0 Å². The van der Waals surface area contributed by atoms with Crippen molar-refractivity contribution >= 4 is 16.7 Å². The van der Waals surface area contributed by atoms with Gasteiger partial charge in [0.15, 0.2) is 0 Å². The van der Waals surface area contributed by atoms with Gasteiger partial charge in [-0.05, 0) is 12.8 Å². The van der Waals surface area contributed by atoms with Crippen molar-refractivity contribution in [3.05, 3.63) is 5.82 Å². The molecule has 0 amide bonds. The van der Waals surface area contributed by atoms with Crippen molar-refractivity contribution < 1.29 is 0 Å². The summed E-state index contributed by atoms with van der Waals surface area (Å²) < 4.78 is 4.31. The largest absolute Gasteiger partial charge is 0.360 e. The van der Waals surface area contributed by atoms with Gasteiger partial charge in [0.25, 0.3) is 0 Å². The van der Waals surface area contributed by atoms with Crippen LogP contribution in [-0.2, 0) is 0 Å². The Labute approximate surface area is 83.8 Å². The third kappa shape index (κ3) is 2.95. The van der Waals surface area contributed by atoms with Gasteiger partial charge in [-0.2, -0.15) is 4.37 Å². The molecule has 1 unspecified atom stereocenters. The molecular formula is C9H17N3S. The Kier molecular flexibility index (Phi) is 4.15. The minimum atomic E-state index is 0.480. The molecule has 13 heavy (non-hydrogen) atoms. The van der Waals surface area contributed by atoms with Crippen molar-refractivity contribution in [1.29, 1.82) is 0 Å². The fraction of sp³-hybridized carbons (Fsp3) is 0.778. The van der Waals surface area contributed by atoms with Crippen LogP contribution in [0.25, 0.3) is 0 Å². The van der Waals surface area contributed by atoms with Crippen molar-refractivity contribution in [2.75, 3.05) is 11.9 Å². The Bertz CT molecular complexity index is 247. The van der Waals surface area contributed by atoms with E-state index in [1.54, 1.807) is 0 Å². The molecule has 1 heterocycles. The summed E-state index contributed by atoms with van der Waals surface area (Å²) in [6, 6.07) is 0. The van der Waals surface area contributed by atoms with E-state index in [2.05, 4.69) is 35.4 Å². The fourth-order valence-electron chi connectivity index (χ4n) is 0.921. The Hall–Kier alpha value is -0.640. The second kappa shape index (κ2) is 5.17. The number of anilines is 1. The first-order valence-corrected chi connectivity index (χ1v) is 5.62. The molecule has 3 nitrogen and oxygen atoms in total. The Balaban J connectivity index is 2.53. The molecule has 0 aliphatic rings. The minimum absolute atomic E-state index is 0.480. The Morgan fingerprint density at radius 3 is 2.85 bits per heavy atom. The van der Waals surface area contributed by atoms with Crippen LogP contribution in [0.3, 0.4) is 0 Å². The first kappa shape index (κ1) is 10.4. The van der Waals surface area contributed by atoms with Gasteiger partial charge in [-0.1, -0.05) is 20.8 Å². The maximum atomic E-state index is 4.41. The number of nitrogens with one attached hydrogen (secondary N) is 1. The summed E-state index contributed by atoms with van der Waals surface area (Å²) in [7, 11) is 0. The predicted octanol–water partition coefficient (Wildman–Crippen LogP) is 2.87. The fourth-order valence-corrected chi connectivity index (χ4v) is 1.62. The van der Waals surface area contributed by atoms with E-state index in [1.807, 2.05) is 0 Å². The topological polar surface area (TPSA) is 37.8 Å². The van der Waals surface area contributed by atoms with Crippen LogP contribution >= 0.6 is 11.5 Å². The molecule has 0 bridgehead atoms. The molecule has 1 N–H and O–H groups in total. The van der Waals surface area contributed by atoms with Crippen LogP contribution in [0, 0.1) is 0 Å². The van der Waals surface area contributed by atoms with Crippen LogP contribution in [0.1, 0.15) is 45.4 Å². The molecule has 0 fully saturated rings. The summed E-state index contributed by atoms with van der Waals surface area (Å²) in [5.74, 6) is 1.46. The zero-order chi connectivity index (χ0) is 9.68.